The molecule has 1 aliphatic rings. The van der Waals surface area contributed by atoms with Gasteiger partial charge in [0, 0.05) is 12.4 Å². The van der Waals surface area contributed by atoms with Crippen LogP contribution >= 0.6 is 11.6 Å². The van der Waals surface area contributed by atoms with Crippen molar-refractivity contribution in [2.75, 3.05) is 31.4 Å². The summed E-state index contributed by atoms with van der Waals surface area (Å²) in [5.41, 5.74) is 5.13. The smallest absolute Gasteiger partial charge is 0.238 e. The summed E-state index contributed by atoms with van der Waals surface area (Å²) in [7, 11) is -3.47. The van der Waals surface area contributed by atoms with Gasteiger partial charge in [-0.25, -0.2) is 8.42 Å². The third-order valence-electron chi connectivity index (χ3n) is 2.30. The van der Waals surface area contributed by atoms with Crippen molar-refractivity contribution in [1.29, 1.82) is 0 Å². The molecule has 94 valence electrons. The second kappa shape index (κ2) is 5.81. The fraction of sp³-hybridized carbons (Fsp3) is 0.875. The lowest BCUT2D eigenvalue weighted by atomic mass is 10.3. The maximum absolute atomic E-state index is 11.9. The predicted octanol–water partition coefficient (Wildman–Crippen LogP) is -0.869. The Labute approximate surface area is 99.7 Å². The molecule has 0 saturated carbocycles. The summed E-state index contributed by atoms with van der Waals surface area (Å²) in [4.78, 5) is 11.1. The first-order valence-corrected chi connectivity index (χ1v) is 7.06. The molecule has 8 heteroatoms. The van der Waals surface area contributed by atoms with Crippen molar-refractivity contribution in [2.24, 2.45) is 5.73 Å². The van der Waals surface area contributed by atoms with E-state index in [9.17, 15) is 13.2 Å². The predicted molar refractivity (Wildman–Crippen MR) is 59.6 cm³/mol. The van der Waals surface area contributed by atoms with Gasteiger partial charge in [-0.2, -0.15) is 4.31 Å². The van der Waals surface area contributed by atoms with E-state index in [1.165, 1.54) is 0 Å². The van der Waals surface area contributed by atoms with Crippen LogP contribution in [0, 0.1) is 0 Å². The van der Waals surface area contributed by atoms with Crippen LogP contribution in [0.25, 0.3) is 0 Å². The molecule has 1 amide bonds. The van der Waals surface area contributed by atoms with Crippen LogP contribution in [-0.2, 0) is 19.6 Å². The fourth-order valence-electron chi connectivity index (χ4n) is 1.50. The molecule has 16 heavy (non-hydrogen) atoms. The first-order chi connectivity index (χ1) is 7.49. The van der Waals surface area contributed by atoms with Crippen molar-refractivity contribution in [3.8, 4) is 0 Å². The zero-order chi connectivity index (χ0) is 12.2. The quantitative estimate of drug-likeness (QED) is 0.658. The molecule has 2 N–H and O–H groups in total. The third-order valence-corrected chi connectivity index (χ3v) is 4.52. The van der Waals surface area contributed by atoms with E-state index in [0.717, 1.165) is 4.31 Å². The number of nitrogens with two attached hydrogens (primary N) is 1. The van der Waals surface area contributed by atoms with Gasteiger partial charge in [-0.05, 0) is 6.42 Å². The van der Waals surface area contributed by atoms with E-state index in [0.29, 0.717) is 6.42 Å². The van der Waals surface area contributed by atoms with E-state index >= 15 is 0 Å². The van der Waals surface area contributed by atoms with Gasteiger partial charge >= 0.3 is 0 Å². The average Bonchev–Trinajstić information content (AvgIpc) is 2.26. The number of hydrogen-bond acceptors (Lipinski definition) is 4. The first kappa shape index (κ1) is 13.7. The second-order valence-corrected chi connectivity index (χ2v) is 5.88. The lowest BCUT2D eigenvalue weighted by Crippen LogP contribution is -2.55. The van der Waals surface area contributed by atoms with Crippen LogP contribution in [0.1, 0.15) is 6.42 Å². The summed E-state index contributed by atoms with van der Waals surface area (Å²) in [5, 5.41) is 0. The van der Waals surface area contributed by atoms with Crippen molar-refractivity contribution in [1.82, 2.24) is 4.31 Å². The van der Waals surface area contributed by atoms with Gasteiger partial charge in [-0.1, -0.05) is 0 Å². The Balaban J connectivity index is 2.78. The number of hydrogen-bond donors (Lipinski definition) is 1. The number of nitrogens with zero attached hydrogens (tertiary/aromatic N) is 1. The molecule has 0 aliphatic carbocycles. The molecule has 6 nitrogen and oxygen atoms in total. The number of alkyl halides is 1. The number of morpholine rings is 1. The minimum absolute atomic E-state index is 0.0233. The largest absolute Gasteiger partial charge is 0.378 e. The molecule has 1 aliphatic heterocycles. The highest BCUT2D eigenvalue weighted by atomic mass is 35.5. The molecule has 1 heterocycles. The Morgan fingerprint density at radius 3 is 2.81 bits per heavy atom. The van der Waals surface area contributed by atoms with Crippen molar-refractivity contribution < 1.29 is 17.9 Å². The number of halogens is 1. The molecule has 1 rings (SSSR count). The number of rotatable bonds is 5. The van der Waals surface area contributed by atoms with Gasteiger partial charge in [0.15, 0.2) is 0 Å². The number of carbonyl (C=O) groups is 1. The van der Waals surface area contributed by atoms with Crippen LogP contribution in [0.2, 0.25) is 0 Å². The first-order valence-electron chi connectivity index (χ1n) is 4.91. The highest BCUT2D eigenvalue weighted by Crippen LogP contribution is 2.13. The van der Waals surface area contributed by atoms with Crippen molar-refractivity contribution in [3.63, 3.8) is 0 Å². The molecule has 0 aromatic carbocycles. The summed E-state index contributed by atoms with van der Waals surface area (Å²) in [6.07, 6.45) is 0.354. The summed E-state index contributed by atoms with van der Waals surface area (Å²) in [5.74, 6) is -0.486. The topological polar surface area (TPSA) is 89.7 Å². The van der Waals surface area contributed by atoms with Crippen LogP contribution < -0.4 is 5.73 Å². The molecular weight excluding hydrogens is 256 g/mol. The molecule has 1 fully saturated rings. The normalized spacial score (nSPS) is 23.2. The Kier molecular flexibility index (Phi) is 4.97. The Morgan fingerprint density at radius 2 is 2.25 bits per heavy atom. The monoisotopic (exact) mass is 270 g/mol. The van der Waals surface area contributed by atoms with E-state index < -0.39 is 22.0 Å². The van der Waals surface area contributed by atoms with Crippen LogP contribution in [0.15, 0.2) is 0 Å². The Hall–Kier alpha value is -0.370. The molecule has 0 aromatic rings. The maximum atomic E-state index is 11.9. The molecular formula is C8H15ClN2O4S. The molecule has 1 atom stereocenters. The molecule has 0 aromatic heterocycles. The van der Waals surface area contributed by atoms with Crippen LogP contribution in [0.3, 0.4) is 0 Å². The number of sulfonamides is 1. The highest BCUT2D eigenvalue weighted by Gasteiger charge is 2.35. The van der Waals surface area contributed by atoms with Crippen molar-refractivity contribution in [2.45, 2.75) is 12.5 Å². The zero-order valence-electron chi connectivity index (χ0n) is 8.76. The Bertz CT molecular complexity index is 346. The molecule has 0 radical (unpaired) electrons. The lowest BCUT2D eigenvalue weighted by Gasteiger charge is -2.32. The number of carbonyl (C=O) groups excluding carboxylic acids is 1. The minimum atomic E-state index is -3.47. The van der Waals surface area contributed by atoms with Crippen molar-refractivity contribution in [3.05, 3.63) is 0 Å². The summed E-state index contributed by atoms with van der Waals surface area (Å²) in [6, 6.07) is -0.894. The van der Waals surface area contributed by atoms with E-state index in [1.54, 1.807) is 0 Å². The van der Waals surface area contributed by atoms with Crippen molar-refractivity contribution >= 4 is 27.5 Å². The standard InChI is InChI=1S/C8H15ClN2O4S/c9-2-1-5-16(13,14)11-3-4-15-6-7(11)8(10)12/h7H,1-6H2,(H2,10,12). The van der Waals surface area contributed by atoms with Gasteiger partial charge in [0.1, 0.15) is 6.04 Å². The van der Waals surface area contributed by atoms with Gasteiger partial charge in [0.05, 0.1) is 19.0 Å². The Morgan fingerprint density at radius 1 is 1.56 bits per heavy atom. The molecule has 0 spiro atoms. The van der Waals surface area contributed by atoms with Crippen LogP contribution in [0.5, 0.6) is 0 Å². The molecule has 0 bridgehead atoms. The number of ether oxygens (including phenoxy) is 1. The van der Waals surface area contributed by atoms with Gasteiger partial charge in [0.2, 0.25) is 15.9 Å². The van der Waals surface area contributed by atoms with Crippen LogP contribution in [0.4, 0.5) is 0 Å². The van der Waals surface area contributed by atoms with Gasteiger partial charge in [-0.15, -0.1) is 11.6 Å². The van der Waals surface area contributed by atoms with E-state index in [2.05, 4.69) is 0 Å². The fourth-order valence-corrected chi connectivity index (χ4v) is 3.44. The summed E-state index contributed by atoms with van der Waals surface area (Å²) >= 11 is 5.45. The third kappa shape index (κ3) is 3.31. The average molecular weight is 271 g/mol. The van der Waals surface area contributed by atoms with Gasteiger partial charge in [0.25, 0.3) is 0 Å². The molecule has 1 saturated heterocycles. The SMILES string of the molecule is NC(=O)C1COCCN1S(=O)(=O)CCCCl. The zero-order valence-corrected chi connectivity index (χ0v) is 10.3. The number of primary amides is 1. The lowest BCUT2D eigenvalue weighted by molar-refractivity contribution is -0.125. The highest BCUT2D eigenvalue weighted by molar-refractivity contribution is 7.89. The van der Waals surface area contributed by atoms with Gasteiger partial charge in [-0.3, -0.25) is 4.79 Å². The summed E-state index contributed by atoms with van der Waals surface area (Å²) < 4.78 is 29.9. The second-order valence-electron chi connectivity index (χ2n) is 3.46. The van der Waals surface area contributed by atoms with E-state index in [4.69, 9.17) is 22.1 Å². The van der Waals surface area contributed by atoms with Gasteiger partial charge < -0.3 is 10.5 Å². The molecule has 1 unspecified atom stereocenters. The van der Waals surface area contributed by atoms with Crippen LogP contribution in [-0.4, -0.2) is 56.1 Å². The summed E-state index contributed by atoms with van der Waals surface area (Å²) in [6.45, 7) is 0.470. The van der Waals surface area contributed by atoms with E-state index in [1.807, 2.05) is 0 Å². The minimum Gasteiger partial charge on any atom is -0.378 e. The number of amides is 1. The van der Waals surface area contributed by atoms with E-state index in [-0.39, 0.29) is 31.4 Å². The maximum Gasteiger partial charge on any atom is 0.238 e.